The fourth-order valence-electron chi connectivity index (χ4n) is 2.98. The number of hydrogen-bond acceptors (Lipinski definition) is 4. The summed E-state index contributed by atoms with van der Waals surface area (Å²) in [7, 11) is 4.85. The first kappa shape index (κ1) is 15.6. The number of methoxy groups -OCH3 is 3. The third-order valence-electron chi connectivity index (χ3n) is 4.17. The Morgan fingerprint density at radius 3 is 2.30 bits per heavy atom. The highest BCUT2D eigenvalue weighted by molar-refractivity contribution is 9.10. The van der Waals surface area contributed by atoms with Gasteiger partial charge in [-0.2, -0.15) is 0 Å². The second-order valence-corrected chi connectivity index (χ2v) is 5.88. The van der Waals surface area contributed by atoms with Gasteiger partial charge in [0.25, 0.3) is 0 Å². The molecule has 0 aliphatic heterocycles. The predicted molar refractivity (Wildman–Crippen MR) is 80.4 cm³/mol. The highest BCUT2D eigenvalue weighted by atomic mass is 79.9. The lowest BCUT2D eigenvalue weighted by Gasteiger charge is -2.34. The predicted octanol–water partition coefficient (Wildman–Crippen LogP) is 3.46. The zero-order valence-corrected chi connectivity index (χ0v) is 13.7. The van der Waals surface area contributed by atoms with Crippen LogP contribution in [0.3, 0.4) is 0 Å². The monoisotopic (exact) mass is 344 g/mol. The summed E-state index contributed by atoms with van der Waals surface area (Å²) in [6.45, 7) is 0. The topological polar surface area (TPSA) is 47.9 Å². The van der Waals surface area contributed by atoms with Crippen LogP contribution in [0, 0.1) is 0 Å². The van der Waals surface area contributed by atoms with Gasteiger partial charge in [0.15, 0.2) is 0 Å². The van der Waals surface area contributed by atoms with E-state index in [2.05, 4.69) is 15.9 Å². The molecule has 0 saturated heterocycles. The summed E-state index contributed by atoms with van der Waals surface area (Å²) in [6.07, 6.45) is 3.15. The lowest BCUT2D eigenvalue weighted by molar-refractivity contribution is -0.101. The second kappa shape index (κ2) is 6.33. The van der Waals surface area contributed by atoms with E-state index in [4.69, 9.17) is 14.2 Å². The lowest BCUT2D eigenvalue weighted by atomic mass is 9.88. The third kappa shape index (κ3) is 2.54. The van der Waals surface area contributed by atoms with Gasteiger partial charge in [0.2, 0.25) is 0 Å². The highest BCUT2D eigenvalue weighted by Crippen LogP contribution is 2.47. The Hall–Kier alpha value is -0.780. The summed E-state index contributed by atoms with van der Waals surface area (Å²) in [5.74, 6) is 1.27. The molecule has 1 N–H and O–H groups in total. The molecule has 1 fully saturated rings. The van der Waals surface area contributed by atoms with E-state index in [1.807, 2.05) is 12.1 Å². The molecular weight excluding hydrogens is 324 g/mol. The molecular formula is C15H21BrO4. The van der Waals surface area contributed by atoms with Gasteiger partial charge in [-0.3, -0.25) is 0 Å². The van der Waals surface area contributed by atoms with Crippen LogP contribution in [-0.2, 0) is 4.74 Å². The van der Waals surface area contributed by atoms with Gasteiger partial charge in [0, 0.05) is 12.7 Å². The SMILES string of the molecule is COc1ccc(C(O)C2(OC)CCCC2)c(OC)c1Br. The molecule has 0 spiro atoms. The summed E-state index contributed by atoms with van der Waals surface area (Å²) in [5.41, 5.74) is 0.213. The largest absolute Gasteiger partial charge is 0.495 e. The molecule has 5 heteroatoms. The Labute approximate surface area is 128 Å². The molecule has 112 valence electrons. The van der Waals surface area contributed by atoms with Crippen molar-refractivity contribution in [2.45, 2.75) is 37.4 Å². The third-order valence-corrected chi connectivity index (χ3v) is 4.92. The van der Waals surface area contributed by atoms with Gasteiger partial charge in [-0.1, -0.05) is 12.8 Å². The van der Waals surface area contributed by atoms with Crippen molar-refractivity contribution in [2.24, 2.45) is 0 Å². The van der Waals surface area contributed by atoms with Crippen molar-refractivity contribution < 1.29 is 19.3 Å². The van der Waals surface area contributed by atoms with Crippen LogP contribution in [0.25, 0.3) is 0 Å². The van der Waals surface area contributed by atoms with Gasteiger partial charge in [0.05, 0.1) is 19.8 Å². The Balaban J connectivity index is 2.44. The van der Waals surface area contributed by atoms with E-state index in [0.717, 1.165) is 31.2 Å². The van der Waals surface area contributed by atoms with Crippen LogP contribution in [0.2, 0.25) is 0 Å². The molecule has 0 heterocycles. The van der Waals surface area contributed by atoms with Gasteiger partial charge in [-0.25, -0.2) is 0 Å². The molecule has 1 unspecified atom stereocenters. The molecule has 1 atom stereocenters. The average molecular weight is 345 g/mol. The summed E-state index contributed by atoms with van der Waals surface area (Å²) >= 11 is 3.47. The van der Waals surface area contributed by atoms with Crippen LogP contribution in [0.15, 0.2) is 16.6 Å². The summed E-state index contributed by atoms with van der Waals surface area (Å²) < 4.78 is 17.1. The Kier molecular flexibility index (Phi) is 4.94. The molecule has 0 aromatic heterocycles. The molecule has 0 bridgehead atoms. The quantitative estimate of drug-likeness (QED) is 0.888. The van der Waals surface area contributed by atoms with Crippen molar-refractivity contribution in [3.63, 3.8) is 0 Å². The van der Waals surface area contributed by atoms with E-state index < -0.39 is 11.7 Å². The van der Waals surface area contributed by atoms with Gasteiger partial charge in [-0.05, 0) is 40.9 Å². The Bertz CT molecular complexity index is 469. The van der Waals surface area contributed by atoms with Gasteiger partial charge in [0.1, 0.15) is 22.1 Å². The van der Waals surface area contributed by atoms with E-state index in [9.17, 15) is 5.11 Å². The zero-order valence-electron chi connectivity index (χ0n) is 12.1. The van der Waals surface area contributed by atoms with E-state index >= 15 is 0 Å². The van der Waals surface area contributed by atoms with Crippen LogP contribution in [0.4, 0.5) is 0 Å². The highest BCUT2D eigenvalue weighted by Gasteiger charge is 2.43. The number of aliphatic hydroxyl groups excluding tert-OH is 1. The minimum absolute atomic E-state index is 0.513. The maximum absolute atomic E-state index is 10.8. The molecule has 1 aliphatic rings. The van der Waals surface area contributed by atoms with Crippen molar-refractivity contribution >= 4 is 15.9 Å². The van der Waals surface area contributed by atoms with Gasteiger partial charge in [-0.15, -0.1) is 0 Å². The van der Waals surface area contributed by atoms with Crippen molar-refractivity contribution in [3.8, 4) is 11.5 Å². The molecule has 0 amide bonds. The number of rotatable bonds is 5. The fourth-order valence-corrected chi connectivity index (χ4v) is 3.66. The minimum atomic E-state index is -0.716. The van der Waals surface area contributed by atoms with Crippen LogP contribution >= 0.6 is 15.9 Å². The molecule has 0 radical (unpaired) electrons. The number of ether oxygens (including phenoxy) is 3. The first-order valence-electron chi connectivity index (χ1n) is 6.73. The van der Waals surface area contributed by atoms with Crippen LogP contribution < -0.4 is 9.47 Å². The minimum Gasteiger partial charge on any atom is -0.495 e. The van der Waals surface area contributed by atoms with Crippen molar-refractivity contribution in [1.29, 1.82) is 0 Å². The summed E-state index contributed by atoms with van der Waals surface area (Å²) in [4.78, 5) is 0. The zero-order chi connectivity index (χ0) is 14.8. The first-order chi connectivity index (χ1) is 9.59. The van der Waals surface area contributed by atoms with Crippen molar-refractivity contribution in [1.82, 2.24) is 0 Å². The normalized spacial score (nSPS) is 18.9. The molecule has 1 aliphatic carbocycles. The molecule has 1 aromatic rings. The molecule has 1 aromatic carbocycles. The first-order valence-corrected chi connectivity index (χ1v) is 7.52. The van der Waals surface area contributed by atoms with Gasteiger partial charge < -0.3 is 19.3 Å². The van der Waals surface area contributed by atoms with E-state index in [1.54, 1.807) is 21.3 Å². The second-order valence-electron chi connectivity index (χ2n) is 5.08. The van der Waals surface area contributed by atoms with Crippen LogP contribution in [-0.4, -0.2) is 32.0 Å². The maximum atomic E-state index is 10.8. The smallest absolute Gasteiger partial charge is 0.142 e. The van der Waals surface area contributed by atoms with E-state index in [-0.39, 0.29) is 0 Å². The number of aliphatic hydroxyl groups is 1. The molecule has 20 heavy (non-hydrogen) atoms. The van der Waals surface area contributed by atoms with Crippen LogP contribution in [0.5, 0.6) is 11.5 Å². The summed E-state index contributed by atoms with van der Waals surface area (Å²) in [6, 6.07) is 3.66. The standard InChI is InChI=1S/C15H21BrO4/c1-18-11-7-6-10(13(19-2)12(11)16)14(17)15(20-3)8-4-5-9-15/h6-7,14,17H,4-5,8-9H2,1-3H3. The molecule has 4 nitrogen and oxygen atoms in total. The van der Waals surface area contributed by atoms with Gasteiger partial charge >= 0.3 is 0 Å². The van der Waals surface area contributed by atoms with E-state index in [1.165, 1.54) is 0 Å². The Morgan fingerprint density at radius 2 is 1.80 bits per heavy atom. The van der Waals surface area contributed by atoms with Crippen molar-refractivity contribution in [2.75, 3.05) is 21.3 Å². The molecule has 1 saturated carbocycles. The fraction of sp³-hybridized carbons (Fsp3) is 0.600. The number of benzene rings is 1. The summed E-state index contributed by atoms with van der Waals surface area (Å²) in [5, 5.41) is 10.8. The maximum Gasteiger partial charge on any atom is 0.142 e. The number of hydrogen-bond donors (Lipinski definition) is 1. The van der Waals surface area contributed by atoms with Crippen LogP contribution in [0.1, 0.15) is 37.4 Å². The average Bonchev–Trinajstić information content (AvgIpc) is 2.96. The van der Waals surface area contributed by atoms with Crippen molar-refractivity contribution in [3.05, 3.63) is 22.2 Å². The molecule has 2 rings (SSSR count). The number of halogens is 1. The van der Waals surface area contributed by atoms with E-state index in [0.29, 0.717) is 16.0 Å². The lowest BCUT2D eigenvalue weighted by Crippen LogP contribution is -2.35. The Morgan fingerprint density at radius 1 is 1.15 bits per heavy atom.